The smallest absolute Gasteiger partial charge is 0.274 e. The lowest BCUT2D eigenvalue weighted by Gasteiger charge is -2.17. The fourth-order valence-corrected chi connectivity index (χ4v) is 2.66. The average Bonchev–Trinajstić information content (AvgIpc) is 2.57. The molecular weight excluding hydrogens is 358 g/mol. The lowest BCUT2D eigenvalue weighted by molar-refractivity contribution is 0.0780. The summed E-state index contributed by atoms with van der Waals surface area (Å²) in [4.78, 5) is 26.1. The molecule has 1 N–H and O–H groups in total. The van der Waals surface area contributed by atoms with Crippen LogP contribution in [0.15, 0.2) is 57.8 Å². The second-order valence-corrected chi connectivity index (χ2v) is 6.15. The summed E-state index contributed by atoms with van der Waals surface area (Å²) in [7, 11) is 1.71. The zero-order valence-electron chi connectivity index (χ0n) is 12.4. The molecule has 3 aromatic rings. The van der Waals surface area contributed by atoms with Crippen molar-refractivity contribution in [2.24, 2.45) is 0 Å². The summed E-state index contributed by atoms with van der Waals surface area (Å²) in [5, 5.41) is 7.36. The van der Waals surface area contributed by atoms with Crippen LogP contribution in [-0.4, -0.2) is 28.1 Å². The molecule has 116 valence electrons. The molecular formula is C17H14BrN3O2. The minimum atomic E-state index is -0.298. The van der Waals surface area contributed by atoms with E-state index in [1.807, 2.05) is 24.3 Å². The number of hydrogen-bond donors (Lipinski definition) is 1. The summed E-state index contributed by atoms with van der Waals surface area (Å²) in [5.74, 6) is -0.236. The number of nitrogens with zero attached hydrogens (tertiary/aromatic N) is 2. The van der Waals surface area contributed by atoms with Crippen LogP contribution in [0.1, 0.15) is 16.1 Å². The highest BCUT2D eigenvalue weighted by Crippen LogP contribution is 2.16. The zero-order valence-corrected chi connectivity index (χ0v) is 14.0. The van der Waals surface area contributed by atoms with E-state index in [1.165, 1.54) is 0 Å². The van der Waals surface area contributed by atoms with Crippen LogP contribution in [0.2, 0.25) is 0 Å². The van der Waals surface area contributed by atoms with Gasteiger partial charge in [-0.1, -0.05) is 46.3 Å². The number of amides is 1. The molecule has 0 spiro atoms. The first-order valence-corrected chi connectivity index (χ1v) is 7.83. The molecule has 0 aliphatic heterocycles. The molecule has 1 aromatic heterocycles. The molecule has 1 amide bonds. The molecule has 6 heteroatoms. The van der Waals surface area contributed by atoms with Crippen molar-refractivity contribution >= 4 is 32.6 Å². The minimum Gasteiger partial charge on any atom is -0.336 e. The van der Waals surface area contributed by atoms with E-state index in [4.69, 9.17) is 0 Å². The van der Waals surface area contributed by atoms with Gasteiger partial charge < -0.3 is 4.90 Å². The number of halogens is 1. The lowest BCUT2D eigenvalue weighted by atomic mass is 10.1. The van der Waals surface area contributed by atoms with Crippen LogP contribution in [0.5, 0.6) is 0 Å². The Morgan fingerprint density at radius 2 is 1.78 bits per heavy atom. The third-order valence-corrected chi connectivity index (χ3v) is 4.11. The first-order valence-electron chi connectivity index (χ1n) is 7.03. The van der Waals surface area contributed by atoms with E-state index in [-0.39, 0.29) is 17.2 Å². The van der Waals surface area contributed by atoms with E-state index < -0.39 is 0 Å². The number of benzene rings is 2. The third kappa shape index (κ3) is 3.17. The Hall–Kier alpha value is -2.47. The van der Waals surface area contributed by atoms with Crippen LogP contribution in [0.3, 0.4) is 0 Å². The Labute approximate surface area is 141 Å². The maximum absolute atomic E-state index is 12.7. The van der Waals surface area contributed by atoms with Crippen LogP contribution < -0.4 is 5.56 Å². The van der Waals surface area contributed by atoms with Gasteiger partial charge in [0.2, 0.25) is 0 Å². The molecule has 1 heterocycles. The van der Waals surface area contributed by atoms with Gasteiger partial charge in [0.1, 0.15) is 0 Å². The molecule has 0 atom stereocenters. The number of nitrogens with one attached hydrogen (secondary N) is 1. The topological polar surface area (TPSA) is 66.1 Å². The molecule has 0 bridgehead atoms. The van der Waals surface area contributed by atoms with Crippen molar-refractivity contribution in [1.82, 2.24) is 15.1 Å². The van der Waals surface area contributed by atoms with Crippen molar-refractivity contribution in [1.29, 1.82) is 0 Å². The van der Waals surface area contributed by atoms with Gasteiger partial charge >= 0.3 is 0 Å². The number of carbonyl (C=O) groups is 1. The Balaban J connectivity index is 1.92. The van der Waals surface area contributed by atoms with Crippen LogP contribution in [0, 0.1) is 0 Å². The zero-order chi connectivity index (χ0) is 16.4. The van der Waals surface area contributed by atoms with Crippen molar-refractivity contribution in [2.75, 3.05) is 7.05 Å². The average molecular weight is 372 g/mol. The lowest BCUT2D eigenvalue weighted by Crippen LogP contribution is -2.28. The SMILES string of the molecule is CN(Cc1ccc(Br)cc1)C(=O)c1n[nH]c(=O)c2ccccc12. The fraction of sp³-hybridized carbons (Fsp3) is 0.118. The Morgan fingerprint density at radius 1 is 1.13 bits per heavy atom. The van der Waals surface area contributed by atoms with Gasteiger partial charge in [-0.2, -0.15) is 5.10 Å². The molecule has 23 heavy (non-hydrogen) atoms. The van der Waals surface area contributed by atoms with E-state index in [2.05, 4.69) is 26.1 Å². The van der Waals surface area contributed by atoms with Crippen molar-refractivity contribution in [3.05, 3.63) is 74.6 Å². The summed E-state index contributed by atoms with van der Waals surface area (Å²) >= 11 is 3.39. The molecule has 0 aliphatic carbocycles. The van der Waals surface area contributed by atoms with Gasteiger partial charge in [0, 0.05) is 23.5 Å². The maximum Gasteiger partial charge on any atom is 0.274 e. The number of rotatable bonds is 3. The predicted octanol–water partition coefficient (Wildman–Crippen LogP) is 2.96. The van der Waals surface area contributed by atoms with E-state index in [0.29, 0.717) is 17.3 Å². The first-order chi connectivity index (χ1) is 11.1. The van der Waals surface area contributed by atoms with Crippen molar-refractivity contribution in [3.63, 3.8) is 0 Å². The van der Waals surface area contributed by atoms with Gasteiger partial charge in [-0.15, -0.1) is 0 Å². The van der Waals surface area contributed by atoms with E-state index in [1.54, 1.807) is 36.2 Å². The number of H-pyrrole nitrogens is 1. The van der Waals surface area contributed by atoms with Gasteiger partial charge in [0.05, 0.1) is 5.39 Å². The second-order valence-electron chi connectivity index (χ2n) is 5.23. The van der Waals surface area contributed by atoms with Crippen molar-refractivity contribution in [2.45, 2.75) is 6.54 Å². The van der Waals surface area contributed by atoms with Crippen LogP contribution in [-0.2, 0) is 6.54 Å². The minimum absolute atomic E-state index is 0.236. The largest absolute Gasteiger partial charge is 0.336 e. The number of aromatic nitrogens is 2. The number of fused-ring (bicyclic) bond motifs is 1. The Bertz CT molecular complexity index is 919. The fourth-order valence-electron chi connectivity index (χ4n) is 2.39. The highest BCUT2D eigenvalue weighted by atomic mass is 79.9. The summed E-state index contributed by atoms with van der Waals surface area (Å²) in [5.41, 5.74) is 0.963. The highest BCUT2D eigenvalue weighted by molar-refractivity contribution is 9.10. The van der Waals surface area contributed by atoms with Gasteiger partial charge in [-0.25, -0.2) is 5.10 Å². The standard InChI is InChI=1S/C17H14BrN3O2/c1-21(10-11-6-8-12(18)9-7-11)17(23)15-13-4-2-3-5-14(13)16(22)20-19-15/h2-9H,10H2,1H3,(H,20,22). The monoisotopic (exact) mass is 371 g/mol. The van der Waals surface area contributed by atoms with E-state index in [0.717, 1.165) is 10.0 Å². The predicted molar refractivity (Wildman–Crippen MR) is 92.3 cm³/mol. The van der Waals surface area contributed by atoms with Crippen molar-refractivity contribution < 1.29 is 4.79 Å². The summed E-state index contributed by atoms with van der Waals surface area (Å²) < 4.78 is 0.989. The van der Waals surface area contributed by atoms with Crippen LogP contribution in [0.4, 0.5) is 0 Å². The van der Waals surface area contributed by atoms with Gasteiger partial charge in [0.25, 0.3) is 11.5 Å². The maximum atomic E-state index is 12.7. The van der Waals surface area contributed by atoms with Crippen LogP contribution >= 0.6 is 15.9 Å². The molecule has 2 aromatic carbocycles. The van der Waals surface area contributed by atoms with E-state index >= 15 is 0 Å². The second kappa shape index (κ2) is 6.34. The normalized spacial score (nSPS) is 10.7. The molecule has 0 saturated carbocycles. The molecule has 0 fully saturated rings. The van der Waals surface area contributed by atoms with Crippen LogP contribution in [0.25, 0.3) is 10.8 Å². The summed E-state index contributed by atoms with van der Waals surface area (Å²) in [6, 6.07) is 14.7. The molecule has 3 rings (SSSR count). The summed E-state index contributed by atoms with van der Waals surface area (Å²) in [6.45, 7) is 0.460. The van der Waals surface area contributed by atoms with Gasteiger partial charge in [-0.05, 0) is 23.8 Å². The molecule has 0 aliphatic rings. The number of aromatic amines is 1. The molecule has 5 nitrogen and oxygen atoms in total. The van der Waals surface area contributed by atoms with Gasteiger partial charge in [0.15, 0.2) is 5.69 Å². The third-order valence-electron chi connectivity index (χ3n) is 3.58. The molecule has 0 saturated heterocycles. The molecule has 0 unspecified atom stereocenters. The van der Waals surface area contributed by atoms with E-state index in [9.17, 15) is 9.59 Å². The number of carbonyl (C=O) groups excluding carboxylic acids is 1. The quantitative estimate of drug-likeness (QED) is 0.769. The molecule has 0 radical (unpaired) electrons. The van der Waals surface area contributed by atoms with Crippen molar-refractivity contribution in [3.8, 4) is 0 Å². The van der Waals surface area contributed by atoms with Gasteiger partial charge in [-0.3, -0.25) is 9.59 Å². The Kier molecular flexibility index (Phi) is 4.25. The highest BCUT2D eigenvalue weighted by Gasteiger charge is 2.18. The first kappa shape index (κ1) is 15.4. The summed E-state index contributed by atoms with van der Waals surface area (Å²) in [6.07, 6.45) is 0. The number of hydrogen-bond acceptors (Lipinski definition) is 3. The Morgan fingerprint density at radius 3 is 2.48 bits per heavy atom.